The maximum absolute atomic E-state index is 8.15. The number of rotatable bonds is 0. The summed E-state index contributed by atoms with van der Waals surface area (Å²) in [6, 6.07) is 1.81. The molecule has 1 radical (unpaired) electrons. The van der Waals surface area contributed by atoms with Gasteiger partial charge in [0.1, 0.15) is 17.8 Å². The Hall–Kier alpha value is -1.50. The van der Waals surface area contributed by atoms with E-state index < -0.39 is 0 Å². The number of hydrogen-bond acceptors (Lipinski definition) is 4. The zero-order chi connectivity index (χ0) is 5.82. The minimum absolute atomic E-state index is 0.306. The summed E-state index contributed by atoms with van der Waals surface area (Å²) < 4.78 is 0. The summed E-state index contributed by atoms with van der Waals surface area (Å²) in [5.41, 5.74) is 0.306. The number of hydrogen-bond donors (Lipinski definition) is 0. The minimum atomic E-state index is 0.306. The molecule has 0 unspecified atom stereocenters. The second-order valence-corrected chi connectivity index (χ2v) is 1.07. The molecule has 0 saturated carbocycles. The van der Waals surface area contributed by atoms with E-state index >= 15 is 0 Å². The lowest BCUT2D eigenvalue weighted by molar-refractivity contribution is 0.855. The van der Waals surface area contributed by atoms with Gasteiger partial charge in [-0.15, -0.1) is 10.2 Å². The predicted octanol–water partition coefficient (Wildman–Crippen LogP) is -0.457. The highest BCUT2D eigenvalue weighted by molar-refractivity contribution is 5.18. The molecule has 0 aliphatic heterocycles. The fourth-order valence-corrected chi connectivity index (χ4v) is 0.268. The highest BCUT2D eigenvalue weighted by atomic mass is 15.3. The third-order valence-corrected chi connectivity index (χ3v) is 0.574. The van der Waals surface area contributed by atoms with Crippen LogP contribution in [0, 0.1) is 17.5 Å². The third kappa shape index (κ3) is 0.763. The molecule has 0 aliphatic carbocycles. The lowest BCUT2D eigenvalue weighted by Gasteiger charge is -1.75. The van der Waals surface area contributed by atoms with Crippen LogP contribution in [0.25, 0.3) is 0 Å². The summed E-state index contributed by atoms with van der Waals surface area (Å²) >= 11 is 0. The van der Waals surface area contributed by atoms with Gasteiger partial charge in [-0.3, -0.25) is 0 Å². The maximum Gasteiger partial charge on any atom is 0.136 e. The van der Waals surface area contributed by atoms with Crippen LogP contribution < -0.4 is 0 Å². The first-order chi connectivity index (χ1) is 3.93. The normalized spacial score (nSPS) is 7.88. The van der Waals surface area contributed by atoms with E-state index in [0.29, 0.717) is 5.56 Å². The fourth-order valence-electron chi connectivity index (χ4n) is 0.268. The molecule has 0 aromatic carbocycles. The molecule has 8 heavy (non-hydrogen) atoms. The Kier molecular flexibility index (Phi) is 1.15. The highest BCUT2D eigenvalue weighted by Gasteiger charge is 1.84. The molecule has 0 fully saturated rings. The average Bonchev–Trinajstić information content (AvgIpc) is 1.90. The van der Waals surface area contributed by atoms with Crippen molar-refractivity contribution in [2.75, 3.05) is 0 Å². The molecule has 1 rings (SSSR count). The van der Waals surface area contributed by atoms with E-state index in [4.69, 9.17) is 5.26 Å². The Balaban J connectivity index is 3.05. The van der Waals surface area contributed by atoms with E-state index in [1.54, 1.807) is 6.07 Å². The number of nitriles is 1. The van der Waals surface area contributed by atoms with Crippen molar-refractivity contribution in [3.63, 3.8) is 0 Å². The Bertz CT molecular complexity index is 199. The molecule has 0 atom stereocenters. The average molecular weight is 105 g/mol. The maximum atomic E-state index is 8.15. The molecule has 0 amide bonds. The summed E-state index contributed by atoms with van der Waals surface area (Å²) in [7, 11) is 0. The Morgan fingerprint density at radius 1 is 1.75 bits per heavy atom. The van der Waals surface area contributed by atoms with Gasteiger partial charge in [-0.05, 0) is 5.21 Å². The molecule has 0 spiro atoms. The molecule has 0 bridgehead atoms. The quantitative estimate of drug-likeness (QED) is 0.448. The molecular weight excluding hydrogens is 104 g/mol. The van der Waals surface area contributed by atoms with E-state index in [1.807, 2.05) is 0 Å². The van der Waals surface area contributed by atoms with Crippen molar-refractivity contribution in [2.24, 2.45) is 0 Å². The van der Waals surface area contributed by atoms with Gasteiger partial charge in [0.15, 0.2) is 0 Å². The van der Waals surface area contributed by atoms with Crippen LogP contribution in [0.5, 0.6) is 0 Å². The smallest absolute Gasteiger partial charge is 0.136 e. The van der Waals surface area contributed by atoms with Crippen LogP contribution in [0.4, 0.5) is 0 Å². The SMILES string of the molecule is N#Cc1[c]nnnc1. The Morgan fingerprint density at radius 3 is 3.00 bits per heavy atom. The third-order valence-electron chi connectivity index (χ3n) is 0.574. The molecule has 0 aliphatic rings. The van der Waals surface area contributed by atoms with Crippen LogP contribution >= 0.6 is 0 Å². The molecule has 0 saturated heterocycles. The predicted molar refractivity (Wildman–Crippen MR) is 23.4 cm³/mol. The molecule has 4 heteroatoms. The fraction of sp³-hybridized carbons (Fsp3) is 0. The first-order valence-electron chi connectivity index (χ1n) is 1.89. The molecular formula is C4HN4. The second kappa shape index (κ2) is 1.98. The minimum Gasteiger partial charge on any atom is -0.192 e. The standard InChI is InChI=1S/C4HN4/c5-1-4-2-6-8-7-3-4/h2H. The van der Waals surface area contributed by atoms with Crippen molar-refractivity contribution in [1.82, 2.24) is 15.4 Å². The van der Waals surface area contributed by atoms with Crippen LogP contribution in [0.2, 0.25) is 0 Å². The van der Waals surface area contributed by atoms with E-state index in [2.05, 4.69) is 21.6 Å². The van der Waals surface area contributed by atoms with Gasteiger partial charge in [0, 0.05) is 0 Å². The lowest BCUT2D eigenvalue weighted by atomic mass is 10.4. The molecule has 1 aromatic heterocycles. The summed E-state index contributed by atoms with van der Waals surface area (Å²) in [5, 5.41) is 17.9. The first-order valence-corrected chi connectivity index (χ1v) is 1.89. The molecule has 1 heterocycles. The van der Waals surface area contributed by atoms with Crippen molar-refractivity contribution in [2.45, 2.75) is 0 Å². The van der Waals surface area contributed by atoms with E-state index in [-0.39, 0.29) is 0 Å². The van der Waals surface area contributed by atoms with Gasteiger partial charge in [0.25, 0.3) is 0 Å². The van der Waals surface area contributed by atoms with Crippen molar-refractivity contribution < 1.29 is 0 Å². The van der Waals surface area contributed by atoms with Crippen molar-refractivity contribution >= 4 is 0 Å². The summed E-state index contributed by atoms with van der Waals surface area (Å²) in [5.74, 6) is 0. The monoisotopic (exact) mass is 105 g/mol. The van der Waals surface area contributed by atoms with Gasteiger partial charge in [-0.25, -0.2) is 0 Å². The molecule has 37 valence electrons. The molecule has 0 N–H and O–H groups in total. The van der Waals surface area contributed by atoms with E-state index in [0.717, 1.165) is 0 Å². The van der Waals surface area contributed by atoms with Gasteiger partial charge in [-0.1, -0.05) is 0 Å². The van der Waals surface area contributed by atoms with Crippen LogP contribution in [0.3, 0.4) is 0 Å². The van der Waals surface area contributed by atoms with E-state index in [1.165, 1.54) is 6.20 Å². The van der Waals surface area contributed by atoms with Crippen LogP contribution in [-0.4, -0.2) is 15.4 Å². The van der Waals surface area contributed by atoms with Gasteiger partial charge in [-0.2, -0.15) is 5.26 Å². The summed E-state index contributed by atoms with van der Waals surface area (Å²) in [6.07, 6.45) is 3.63. The topological polar surface area (TPSA) is 62.5 Å². The number of nitrogens with zero attached hydrogens (tertiary/aromatic N) is 4. The summed E-state index contributed by atoms with van der Waals surface area (Å²) in [4.78, 5) is 0. The van der Waals surface area contributed by atoms with Gasteiger partial charge in [0.05, 0.1) is 6.20 Å². The molecule has 1 aromatic rings. The summed E-state index contributed by atoms with van der Waals surface area (Å²) in [6.45, 7) is 0. The lowest BCUT2D eigenvalue weighted by Crippen LogP contribution is -1.85. The molecule has 4 nitrogen and oxygen atoms in total. The van der Waals surface area contributed by atoms with Gasteiger partial charge >= 0.3 is 0 Å². The van der Waals surface area contributed by atoms with Crippen LogP contribution in [0.15, 0.2) is 6.20 Å². The van der Waals surface area contributed by atoms with Crippen molar-refractivity contribution in [3.05, 3.63) is 18.0 Å². The van der Waals surface area contributed by atoms with Crippen LogP contribution in [0.1, 0.15) is 5.56 Å². The highest BCUT2D eigenvalue weighted by Crippen LogP contribution is 1.82. The van der Waals surface area contributed by atoms with Crippen molar-refractivity contribution in [1.29, 1.82) is 5.26 Å². The first kappa shape index (κ1) is 4.65. The largest absolute Gasteiger partial charge is 0.192 e. The number of aromatic nitrogens is 3. The van der Waals surface area contributed by atoms with Gasteiger partial charge in [0.2, 0.25) is 0 Å². The second-order valence-electron chi connectivity index (χ2n) is 1.07. The van der Waals surface area contributed by atoms with E-state index in [9.17, 15) is 0 Å². The zero-order valence-electron chi connectivity index (χ0n) is 3.87. The Labute approximate surface area is 45.8 Å². The van der Waals surface area contributed by atoms with Crippen molar-refractivity contribution in [3.8, 4) is 6.07 Å². The Morgan fingerprint density at radius 2 is 2.62 bits per heavy atom. The van der Waals surface area contributed by atoms with Gasteiger partial charge < -0.3 is 0 Å². The zero-order valence-corrected chi connectivity index (χ0v) is 3.87. The van der Waals surface area contributed by atoms with Crippen LogP contribution in [-0.2, 0) is 0 Å².